The minimum absolute atomic E-state index is 0.201. The van der Waals surface area contributed by atoms with E-state index in [1.807, 2.05) is 0 Å². The van der Waals surface area contributed by atoms with Gasteiger partial charge in [0, 0.05) is 13.1 Å². The Morgan fingerprint density at radius 3 is 2.33 bits per heavy atom. The van der Waals surface area contributed by atoms with Crippen molar-refractivity contribution in [3.8, 4) is 0 Å². The molecule has 0 unspecified atom stereocenters. The topological polar surface area (TPSA) is 41.3 Å². The molecule has 0 rings (SSSR count). The molecule has 3 nitrogen and oxygen atoms in total. The van der Waals surface area contributed by atoms with E-state index < -0.39 is 0 Å². The quantitative estimate of drug-likeness (QED) is 0.629. The van der Waals surface area contributed by atoms with Gasteiger partial charge in [-0.2, -0.15) is 0 Å². The van der Waals surface area contributed by atoms with Crippen LogP contribution in [0, 0.1) is 5.41 Å². The molecular formula is C8H19N3S. The lowest BCUT2D eigenvalue weighted by atomic mass is 9.93. The van der Waals surface area contributed by atoms with Crippen molar-refractivity contribution in [2.24, 2.45) is 11.1 Å². The maximum absolute atomic E-state index is 5.34. The van der Waals surface area contributed by atoms with E-state index in [1.54, 1.807) is 0 Å². The third-order valence-electron chi connectivity index (χ3n) is 1.49. The summed E-state index contributed by atoms with van der Waals surface area (Å²) in [5.41, 5.74) is 5.54. The highest BCUT2D eigenvalue weighted by molar-refractivity contribution is 7.80. The molecule has 0 fully saturated rings. The van der Waals surface area contributed by atoms with Gasteiger partial charge in [-0.1, -0.05) is 13.8 Å². The van der Waals surface area contributed by atoms with Crippen LogP contribution in [0.3, 0.4) is 0 Å². The SMILES string of the molecule is CN(C)CC(C)(C)CNC(N)=S. The Morgan fingerprint density at radius 2 is 2.00 bits per heavy atom. The minimum Gasteiger partial charge on any atom is -0.376 e. The van der Waals surface area contributed by atoms with Gasteiger partial charge in [0.1, 0.15) is 0 Å². The maximum Gasteiger partial charge on any atom is 0.163 e. The molecule has 0 bridgehead atoms. The van der Waals surface area contributed by atoms with Crippen LogP contribution in [0.5, 0.6) is 0 Å². The molecule has 0 saturated heterocycles. The van der Waals surface area contributed by atoms with Crippen molar-refractivity contribution in [3.63, 3.8) is 0 Å². The van der Waals surface area contributed by atoms with Gasteiger partial charge in [-0.25, -0.2) is 0 Å². The van der Waals surface area contributed by atoms with Gasteiger partial charge in [-0.3, -0.25) is 0 Å². The number of nitrogens with zero attached hydrogens (tertiary/aromatic N) is 1. The summed E-state index contributed by atoms with van der Waals surface area (Å²) in [4.78, 5) is 2.15. The van der Waals surface area contributed by atoms with E-state index >= 15 is 0 Å². The zero-order valence-corrected chi connectivity index (χ0v) is 9.16. The second kappa shape index (κ2) is 4.62. The standard InChI is InChI=1S/C8H19N3S/c1-8(2,6-11(3)4)5-10-7(9)12/h5-6H2,1-4H3,(H3,9,10,12). The predicted molar refractivity (Wildman–Crippen MR) is 57.1 cm³/mol. The highest BCUT2D eigenvalue weighted by Gasteiger charge is 2.18. The van der Waals surface area contributed by atoms with Gasteiger partial charge in [-0.05, 0) is 31.7 Å². The molecule has 0 heterocycles. The number of thiocarbonyl (C=S) groups is 1. The molecular weight excluding hydrogens is 170 g/mol. The van der Waals surface area contributed by atoms with Gasteiger partial charge < -0.3 is 16.0 Å². The van der Waals surface area contributed by atoms with Crippen LogP contribution in [0.2, 0.25) is 0 Å². The maximum atomic E-state index is 5.34. The van der Waals surface area contributed by atoms with Gasteiger partial charge in [0.05, 0.1) is 0 Å². The van der Waals surface area contributed by atoms with Gasteiger partial charge in [0.15, 0.2) is 5.11 Å². The summed E-state index contributed by atoms with van der Waals surface area (Å²) in [6.07, 6.45) is 0. The van der Waals surface area contributed by atoms with Gasteiger partial charge >= 0.3 is 0 Å². The van der Waals surface area contributed by atoms with Gasteiger partial charge in [0.2, 0.25) is 0 Å². The minimum atomic E-state index is 0.201. The van der Waals surface area contributed by atoms with Crippen molar-refractivity contribution in [2.45, 2.75) is 13.8 Å². The van der Waals surface area contributed by atoms with Gasteiger partial charge in [0.25, 0.3) is 0 Å². The van der Waals surface area contributed by atoms with Crippen LogP contribution in [-0.2, 0) is 0 Å². The highest BCUT2D eigenvalue weighted by Crippen LogP contribution is 2.13. The second-order valence-electron chi connectivity index (χ2n) is 4.12. The average Bonchev–Trinajstić information content (AvgIpc) is 1.81. The molecule has 0 spiro atoms. The summed E-state index contributed by atoms with van der Waals surface area (Å²) in [5, 5.41) is 3.35. The van der Waals surface area contributed by atoms with Crippen molar-refractivity contribution >= 4 is 17.3 Å². The number of rotatable bonds is 4. The Kier molecular flexibility index (Phi) is 4.49. The lowest BCUT2D eigenvalue weighted by Gasteiger charge is -2.28. The van der Waals surface area contributed by atoms with Crippen molar-refractivity contribution < 1.29 is 0 Å². The fourth-order valence-electron chi connectivity index (χ4n) is 1.24. The van der Waals surface area contributed by atoms with Crippen LogP contribution in [0.4, 0.5) is 0 Å². The summed E-state index contributed by atoms with van der Waals surface area (Å²) in [5.74, 6) is 0. The Labute approximate surface area is 80.3 Å². The van der Waals surface area contributed by atoms with Crippen LogP contribution in [0.25, 0.3) is 0 Å². The third kappa shape index (κ3) is 6.37. The monoisotopic (exact) mass is 189 g/mol. The molecule has 72 valence electrons. The fraction of sp³-hybridized carbons (Fsp3) is 0.875. The molecule has 0 atom stereocenters. The number of hydrogen-bond donors (Lipinski definition) is 2. The fourth-order valence-corrected chi connectivity index (χ4v) is 1.31. The van der Waals surface area contributed by atoms with E-state index in [0.717, 1.165) is 13.1 Å². The van der Waals surface area contributed by atoms with E-state index in [2.05, 4.69) is 38.2 Å². The Morgan fingerprint density at radius 1 is 1.50 bits per heavy atom. The molecule has 0 radical (unpaired) electrons. The molecule has 3 N–H and O–H groups in total. The molecule has 0 aromatic rings. The number of nitrogens with one attached hydrogen (secondary N) is 1. The molecule has 0 aliphatic rings. The molecule has 0 amide bonds. The van der Waals surface area contributed by atoms with E-state index in [-0.39, 0.29) is 5.41 Å². The van der Waals surface area contributed by atoms with Gasteiger partial charge in [-0.15, -0.1) is 0 Å². The van der Waals surface area contributed by atoms with Crippen LogP contribution >= 0.6 is 12.2 Å². The first-order valence-corrected chi connectivity index (χ1v) is 4.42. The number of hydrogen-bond acceptors (Lipinski definition) is 2. The summed E-state index contributed by atoms with van der Waals surface area (Å²) in [7, 11) is 4.12. The predicted octanol–water partition coefficient (Wildman–Crippen LogP) is 0.407. The largest absolute Gasteiger partial charge is 0.376 e. The molecule has 0 saturated carbocycles. The zero-order chi connectivity index (χ0) is 9.78. The molecule has 12 heavy (non-hydrogen) atoms. The first kappa shape index (κ1) is 11.6. The zero-order valence-electron chi connectivity index (χ0n) is 8.35. The van der Waals surface area contributed by atoms with Crippen molar-refractivity contribution in [2.75, 3.05) is 27.2 Å². The van der Waals surface area contributed by atoms with Crippen molar-refractivity contribution in [1.29, 1.82) is 0 Å². The first-order chi connectivity index (χ1) is 5.33. The second-order valence-corrected chi connectivity index (χ2v) is 4.56. The smallest absolute Gasteiger partial charge is 0.163 e. The molecule has 0 aliphatic heterocycles. The Balaban J connectivity index is 3.78. The molecule has 0 aromatic heterocycles. The Hall–Kier alpha value is -0.350. The van der Waals surface area contributed by atoms with E-state index in [0.29, 0.717) is 5.11 Å². The Bertz CT molecular complexity index is 154. The summed E-state index contributed by atoms with van der Waals surface area (Å²) < 4.78 is 0. The number of nitrogens with two attached hydrogens (primary N) is 1. The lowest BCUT2D eigenvalue weighted by Crippen LogP contribution is -2.41. The molecule has 0 aromatic carbocycles. The van der Waals surface area contributed by atoms with Crippen molar-refractivity contribution in [1.82, 2.24) is 10.2 Å². The van der Waals surface area contributed by atoms with Crippen LogP contribution < -0.4 is 11.1 Å². The lowest BCUT2D eigenvalue weighted by molar-refractivity contribution is 0.241. The van der Waals surface area contributed by atoms with Crippen LogP contribution in [0.15, 0.2) is 0 Å². The van der Waals surface area contributed by atoms with E-state index in [9.17, 15) is 0 Å². The summed E-state index contributed by atoms with van der Waals surface area (Å²) >= 11 is 4.73. The van der Waals surface area contributed by atoms with Crippen LogP contribution in [-0.4, -0.2) is 37.2 Å². The highest BCUT2D eigenvalue weighted by atomic mass is 32.1. The normalized spacial score (nSPS) is 11.8. The summed E-state index contributed by atoms with van der Waals surface area (Å²) in [6.45, 7) is 6.19. The third-order valence-corrected chi connectivity index (χ3v) is 1.63. The first-order valence-electron chi connectivity index (χ1n) is 4.01. The van der Waals surface area contributed by atoms with Crippen LogP contribution in [0.1, 0.15) is 13.8 Å². The van der Waals surface area contributed by atoms with E-state index in [4.69, 9.17) is 18.0 Å². The van der Waals surface area contributed by atoms with Crippen molar-refractivity contribution in [3.05, 3.63) is 0 Å². The summed E-state index contributed by atoms with van der Waals surface area (Å²) in [6, 6.07) is 0. The molecule has 0 aliphatic carbocycles. The molecule has 4 heteroatoms. The van der Waals surface area contributed by atoms with E-state index in [1.165, 1.54) is 0 Å². The average molecular weight is 189 g/mol.